The minimum Gasteiger partial charge on any atom is -0.504 e. The lowest BCUT2D eigenvalue weighted by Gasteiger charge is -2.28. The fraction of sp³-hybridized carbons (Fsp3) is 0.172. The Labute approximate surface area is 233 Å². The molecular weight excluding hydrogens is 545 g/mol. The van der Waals surface area contributed by atoms with Gasteiger partial charge in [0.25, 0.3) is 5.91 Å². The topological polar surface area (TPSA) is 109 Å². The third-order valence-electron chi connectivity index (χ3n) is 6.46. The van der Waals surface area contributed by atoms with Gasteiger partial charge in [0.15, 0.2) is 34.4 Å². The molecule has 8 nitrogen and oxygen atoms in total. The number of aromatic hydroxyl groups is 1. The Morgan fingerprint density at radius 1 is 1.03 bits per heavy atom. The second kappa shape index (κ2) is 10.2. The second-order valence-electron chi connectivity index (χ2n) is 8.90. The molecule has 1 atom stereocenters. The Hall–Kier alpha value is -4.14. The van der Waals surface area contributed by atoms with Crippen molar-refractivity contribution in [1.29, 1.82) is 0 Å². The lowest BCUT2D eigenvalue weighted by molar-refractivity contribution is -0.117. The number of nitrogens with zero attached hydrogens (tertiary/aromatic N) is 1. The molecule has 1 aliphatic heterocycles. The molecular formula is C29H23Cl2NO7. The van der Waals surface area contributed by atoms with Crippen LogP contribution in [0.4, 0.5) is 5.69 Å². The Balaban J connectivity index is 1.70. The first-order valence-electron chi connectivity index (χ1n) is 11.9. The van der Waals surface area contributed by atoms with E-state index in [0.29, 0.717) is 43.6 Å². The van der Waals surface area contributed by atoms with Gasteiger partial charge >= 0.3 is 0 Å². The molecule has 0 radical (unpaired) electrons. The average Bonchev–Trinajstić information content (AvgIpc) is 3.44. The summed E-state index contributed by atoms with van der Waals surface area (Å²) in [5, 5.41) is 22.8. The van der Waals surface area contributed by atoms with Crippen molar-refractivity contribution < 1.29 is 33.7 Å². The zero-order chi connectivity index (χ0) is 28.0. The number of amides is 1. The predicted octanol–water partition coefficient (Wildman–Crippen LogP) is 6.94. The highest BCUT2D eigenvalue weighted by atomic mass is 35.5. The number of aryl methyl sites for hydroxylation is 1. The number of carbonyl (C=O) groups excluding carboxylic acids is 2. The second-order valence-corrected chi connectivity index (χ2v) is 9.77. The zero-order valence-corrected chi connectivity index (χ0v) is 22.6. The van der Waals surface area contributed by atoms with Gasteiger partial charge in [-0.15, -0.1) is 0 Å². The summed E-state index contributed by atoms with van der Waals surface area (Å²) in [6.07, 6.45) is 0. The third kappa shape index (κ3) is 4.56. The van der Waals surface area contributed by atoms with Gasteiger partial charge < -0.3 is 24.1 Å². The van der Waals surface area contributed by atoms with Gasteiger partial charge in [-0.05, 0) is 67.4 Å². The number of hydrogen-bond donors (Lipinski definition) is 2. The van der Waals surface area contributed by atoms with Crippen molar-refractivity contribution in [1.82, 2.24) is 0 Å². The van der Waals surface area contributed by atoms with Gasteiger partial charge in [-0.2, -0.15) is 0 Å². The number of ketones is 1. The molecule has 10 heteroatoms. The number of halogens is 2. The molecule has 0 saturated carbocycles. The van der Waals surface area contributed by atoms with Crippen LogP contribution in [0.15, 0.2) is 70.3 Å². The summed E-state index contributed by atoms with van der Waals surface area (Å²) in [6, 6.07) is 13.0. The summed E-state index contributed by atoms with van der Waals surface area (Å²) >= 11 is 12.3. The molecule has 0 aliphatic carbocycles. The number of rotatable bonds is 7. The Bertz CT molecular complexity index is 1670. The molecule has 1 aliphatic rings. The molecule has 2 N–H and O–H groups in total. The van der Waals surface area contributed by atoms with E-state index in [1.807, 2.05) is 0 Å². The van der Waals surface area contributed by atoms with Crippen molar-refractivity contribution in [3.63, 3.8) is 0 Å². The van der Waals surface area contributed by atoms with E-state index >= 15 is 0 Å². The van der Waals surface area contributed by atoms with E-state index in [2.05, 4.69) is 0 Å². The molecule has 39 heavy (non-hydrogen) atoms. The first kappa shape index (κ1) is 26.5. The first-order valence-corrected chi connectivity index (χ1v) is 12.7. The third-order valence-corrected chi connectivity index (χ3v) is 6.91. The van der Waals surface area contributed by atoms with Crippen LogP contribution in [-0.2, 0) is 4.79 Å². The molecule has 0 fully saturated rings. The number of methoxy groups -OCH3 is 1. The van der Waals surface area contributed by atoms with Crippen molar-refractivity contribution in [2.45, 2.75) is 19.9 Å². The van der Waals surface area contributed by atoms with E-state index in [4.69, 9.17) is 37.1 Å². The summed E-state index contributed by atoms with van der Waals surface area (Å²) in [7, 11) is 1.45. The van der Waals surface area contributed by atoms with Gasteiger partial charge in [-0.3, -0.25) is 14.5 Å². The molecule has 1 aromatic heterocycles. The fourth-order valence-corrected chi connectivity index (χ4v) is 5.19. The van der Waals surface area contributed by atoms with Crippen LogP contribution in [-0.4, -0.2) is 35.6 Å². The molecule has 0 bridgehead atoms. The summed E-state index contributed by atoms with van der Waals surface area (Å²) < 4.78 is 16.7. The molecule has 200 valence electrons. The van der Waals surface area contributed by atoms with Gasteiger partial charge in [-0.25, -0.2) is 0 Å². The number of phenols is 1. The molecule has 0 saturated heterocycles. The average molecular weight is 568 g/mol. The Kier molecular flexibility index (Phi) is 6.92. The maximum Gasteiger partial charge on any atom is 0.294 e. The van der Waals surface area contributed by atoms with Crippen LogP contribution in [0, 0.1) is 6.92 Å². The number of Topliss-reactive ketones (excluding diaryl/α,β-unsaturated/α-hetero) is 1. The van der Waals surface area contributed by atoms with Gasteiger partial charge in [0, 0.05) is 27.2 Å². The predicted molar refractivity (Wildman–Crippen MR) is 147 cm³/mol. The summed E-state index contributed by atoms with van der Waals surface area (Å²) in [4.78, 5) is 28.8. The number of carbonyl (C=O) groups is 2. The smallest absolute Gasteiger partial charge is 0.294 e. The molecule has 0 spiro atoms. The van der Waals surface area contributed by atoms with Crippen LogP contribution in [0.25, 0.3) is 11.0 Å². The Morgan fingerprint density at radius 2 is 1.79 bits per heavy atom. The van der Waals surface area contributed by atoms with Crippen LogP contribution >= 0.6 is 23.2 Å². The van der Waals surface area contributed by atoms with Crippen LogP contribution in [0.2, 0.25) is 10.0 Å². The maximum absolute atomic E-state index is 14.0. The number of benzene rings is 3. The van der Waals surface area contributed by atoms with Crippen LogP contribution in [0.1, 0.15) is 34.6 Å². The van der Waals surface area contributed by atoms with E-state index in [1.165, 1.54) is 30.2 Å². The highest BCUT2D eigenvalue weighted by Gasteiger charge is 2.46. The van der Waals surface area contributed by atoms with E-state index in [1.54, 1.807) is 50.2 Å². The first-order chi connectivity index (χ1) is 18.6. The quantitative estimate of drug-likeness (QED) is 0.232. The monoisotopic (exact) mass is 567 g/mol. The van der Waals surface area contributed by atoms with E-state index in [-0.39, 0.29) is 29.4 Å². The van der Waals surface area contributed by atoms with E-state index < -0.39 is 23.5 Å². The van der Waals surface area contributed by atoms with Crippen molar-refractivity contribution in [3.05, 3.63) is 92.9 Å². The number of hydrogen-bond acceptors (Lipinski definition) is 7. The fourth-order valence-electron chi connectivity index (χ4n) is 4.74. The lowest BCUT2D eigenvalue weighted by atomic mass is 9.94. The van der Waals surface area contributed by atoms with Crippen molar-refractivity contribution in [3.8, 4) is 17.2 Å². The van der Waals surface area contributed by atoms with Crippen LogP contribution < -0.4 is 14.4 Å². The van der Waals surface area contributed by atoms with Gasteiger partial charge in [-0.1, -0.05) is 29.3 Å². The molecule has 1 unspecified atom stereocenters. The number of anilines is 1. The van der Waals surface area contributed by atoms with Crippen molar-refractivity contribution in [2.24, 2.45) is 0 Å². The largest absolute Gasteiger partial charge is 0.504 e. The van der Waals surface area contributed by atoms with Crippen molar-refractivity contribution >= 4 is 51.5 Å². The van der Waals surface area contributed by atoms with Gasteiger partial charge in [0.05, 0.1) is 25.3 Å². The highest BCUT2D eigenvalue weighted by Crippen LogP contribution is 2.45. The number of furan rings is 1. The molecule has 4 aromatic rings. The summed E-state index contributed by atoms with van der Waals surface area (Å²) in [6.45, 7) is 3.80. The minimum absolute atomic E-state index is 0.110. The molecule has 3 aromatic carbocycles. The summed E-state index contributed by atoms with van der Waals surface area (Å²) in [5.74, 6) is -1.96. The SMILES string of the molecule is CCOc1cc(C2C(C(=O)c3cc4cc(Cl)cc(OC)c4o3)=C(O)C(=O)N2c2ccc(Cl)cc2C)ccc1O. The number of fused-ring (bicyclic) bond motifs is 1. The Morgan fingerprint density at radius 3 is 2.49 bits per heavy atom. The van der Waals surface area contributed by atoms with Crippen LogP contribution in [0.5, 0.6) is 17.2 Å². The van der Waals surface area contributed by atoms with E-state index in [9.17, 15) is 19.8 Å². The van der Waals surface area contributed by atoms with Gasteiger partial charge in [0.1, 0.15) is 0 Å². The van der Waals surface area contributed by atoms with E-state index in [0.717, 1.165) is 0 Å². The zero-order valence-electron chi connectivity index (χ0n) is 21.1. The number of ether oxygens (including phenoxy) is 2. The molecule has 5 rings (SSSR count). The number of aliphatic hydroxyl groups excluding tert-OH is 1. The lowest BCUT2D eigenvalue weighted by Crippen LogP contribution is -2.31. The van der Waals surface area contributed by atoms with Gasteiger partial charge in [0.2, 0.25) is 5.78 Å². The normalized spacial score (nSPS) is 15.4. The maximum atomic E-state index is 14.0. The number of aliphatic hydroxyl groups is 1. The van der Waals surface area contributed by atoms with Crippen LogP contribution in [0.3, 0.4) is 0 Å². The van der Waals surface area contributed by atoms with Crippen molar-refractivity contribution in [2.75, 3.05) is 18.6 Å². The standard InChI is InChI=1S/C29H23Cl2NO7/c1-4-38-21-11-15(5-8-20(21)33)25-24(27(35)29(36)32(25)19-7-6-17(30)9-14(19)2)26(34)22-12-16-10-18(31)13-23(37-3)28(16)39-22/h5-13,25,33,35H,4H2,1-3H3. The summed E-state index contributed by atoms with van der Waals surface area (Å²) in [5.41, 5.74) is 1.59. The molecule has 2 heterocycles. The number of phenolic OH excluding ortho intramolecular Hbond substituents is 1. The minimum atomic E-state index is -1.08. The molecule has 1 amide bonds. The highest BCUT2D eigenvalue weighted by molar-refractivity contribution is 6.32.